The van der Waals surface area contributed by atoms with E-state index in [4.69, 9.17) is 9.47 Å². The van der Waals surface area contributed by atoms with E-state index >= 15 is 0 Å². The second kappa shape index (κ2) is 13.5. The highest BCUT2D eigenvalue weighted by Crippen LogP contribution is 2.23. The SMILES string of the molecule is O=C(c1ccc(F)cc1)C1CCN(CC(COC2C=CC=C=CCC2)OC(=O)N2CCCCC2)CC1. The lowest BCUT2D eigenvalue weighted by molar-refractivity contribution is -0.0302. The zero-order chi connectivity index (χ0) is 25.2. The van der Waals surface area contributed by atoms with Crippen LogP contribution in [0.2, 0.25) is 0 Å². The molecule has 1 amide bonds. The Morgan fingerprint density at radius 2 is 1.78 bits per heavy atom. The number of nitrogens with zero attached hydrogens (tertiary/aromatic N) is 2. The number of carbonyl (C=O) groups excluding carboxylic acids is 2. The number of piperidine rings is 2. The van der Waals surface area contributed by atoms with Gasteiger partial charge in [-0.05, 0) is 94.5 Å². The Kier molecular flexibility index (Phi) is 9.91. The van der Waals surface area contributed by atoms with Gasteiger partial charge in [-0.3, -0.25) is 9.69 Å². The van der Waals surface area contributed by atoms with E-state index in [9.17, 15) is 14.0 Å². The Bertz CT molecular complexity index is 956. The first-order valence-electron chi connectivity index (χ1n) is 13.3. The van der Waals surface area contributed by atoms with Gasteiger partial charge in [0.25, 0.3) is 0 Å². The highest BCUT2D eigenvalue weighted by atomic mass is 19.1. The minimum atomic E-state index is -0.381. The van der Waals surface area contributed by atoms with E-state index in [1.165, 1.54) is 12.1 Å². The molecular weight excluding hydrogens is 459 g/mol. The van der Waals surface area contributed by atoms with E-state index in [2.05, 4.69) is 10.6 Å². The quantitative estimate of drug-likeness (QED) is 0.368. The molecule has 0 N–H and O–H groups in total. The van der Waals surface area contributed by atoms with Gasteiger partial charge in [-0.2, -0.15) is 0 Å². The Morgan fingerprint density at radius 3 is 2.53 bits per heavy atom. The van der Waals surface area contributed by atoms with Gasteiger partial charge in [0.1, 0.15) is 11.9 Å². The van der Waals surface area contributed by atoms with Crippen molar-refractivity contribution in [3.8, 4) is 0 Å². The number of carbonyl (C=O) groups is 2. The molecule has 2 saturated heterocycles. The van der Waals surface area contributed by atoms with Crippen LogP contribution in [0, 0.1) is 11.7 Å². The normalized spacial score (nSPS) is 22.1. The largest absolute Gasteiger partial charge is 0.442 e. The lowest BCUT2D eigenvalue weighted by atomic mass is 9.89. The summed E-state index contributed by atoms with van der Waals surface area (Å²) in [6, 6.07) is 5.79. The van der Waals surface area contributed by atoms with Crippen LogP contribution < -0.4 is 0 Å². The third-order valence-corrected chi connectivity index (χ3v) is 7.16. The van der Waals surface area contributed by atoms with E-state index in [1.54, 1.807) is 17.0 Å². The summed E-state index contributed by atoms with van der Waals surface area (Å²) >= 11 is 0. The van der Waals surface area contributed by atoms with Gasteiger partial charge in [-0.1, -0.05) is 12.2 Å². The van der Waals surface area contributed by atoms with Crippen LogP contribution in [0.4, 0.5) is 9.18 Å². The van der Waals surface area contributed by atoms with Gasteiger partial charge in [-0.25, -0.2) is 9.18 Å². The summed E-state index contributed by atoms with van der Waals surface area (Å²) < 4.78 is 25.4. The molecule has 1 aliphatic carbocycles. The van der Waals surface area contributed by atoms with Crippen molar-refractivity contribution < 1.29 is 23.5 Å². The summed E-state index contributed by atoms with van der Waals surface area (Å²) in [5, 5.41) is 0. The van der Waals surface area contributed by atoms with Crippen molar-refractivity contribution in [3.05, 3.63) is 65.7 Å². The number of likely N-dealkylation sites (tertiary alicyclic amines) is 2. The van der Waals surface area contributed by atoms with Crippen LogP contribution in [-0.2, 0) is 9.47 Å². The van der Waals surface area contributed by atoms with E-state index in [1.807, 2.05) is 24.3 Å². The molecule has 2 aliphatic heterocycles. The fraction of sp³-hybridized carbons (Fsp3) is 0.552. The molecule has 0 aromatic heterocycles. The Hall–Kier alpha value is -2.73. The van der Waals surface area contributed by atoms with Gasteiger partial charge >= 0.3 is 6.09 Å². The summed E-state index contributed by atoms with van der Waals surface area (Å²) in [6.07, 6.45) is 13.6. The first-order chi connectivity index (χ1) is 17.6. The van der Waals surface area contributed by atoms with Gasteiger partial charge < -0.3 is 14.4 Å². The molecule has 2 fully saturated rings. The van der Waals surface area contributed by atoms with Crippen molar-refractivity contribution in [2.24, 2.45) is 5.92 Å². The molecule has 3 aliphatic rings. The molecule has 4 rings (SSSR count). The average Bonchev–Trinajstić information content (AvgIpc) is 2.89. The molecule has 194 valence electrons. The summed E-state index contributed by atoms with van der Waals surface area (Å²) in [7, 11) is 0. The molecule has 0 saturated carbocycles. The van der Waals surface area contributed by atoms with Gasteiger partial charge in [0, 0.05) is 31.1 Å². The number of ether oxygens (including phenoxy) is 2. The third-order valence-electron chi connectivity index (χ3n) is 7.16. The predicted octanol–water partition coefficient (Wildman–Crippen LogP) is 5.16. The smallest absolute Gasteiger partial charge is 0.410 e. The maximum absolute atomic E-state index is 13.2. The number of hydrogen-bond acceptors (Lipinski definition) is 5. The molecule has 7 heteroatoms. The highest BCUT2D eigenvalue weighted by Gasteiger charge is 2.29. The lowest BCUT2D eigenvalue weighted by Gasteiger charge is -2.35. The zero-order valence-electron chi connectivity index (χ0n) is 20.9. The van der Waals surface area contributed by atoms with Crippen molar-refractivity contribution in [1.29, 1.82) is 0 Å². The van der Waals surface area contributed by atoms with Crippen molar-refractivity contribution >= 4 is 11.9 Å². The molecule has 2 unspecified atom stereocenters. The molecule has 0 radical (unpaired) electrons. The Balaban J connectivity index is 1.31. The lowest BCUT2D eigenvalue weighted by Crippen LogP contribution is -2.45. The second-order valence-electron chi connectivity index (χ2n) is 9.87. The average molecular weight is 497 g/mol. The number of rotatable bonds is 8. The summed E-state index contributed by atoms with van der Waals surface area (Å²) in [5.74, 6) is -0.333. The minimum absolute atomic E-state index is 0.0325. The molecule has 6 nitrogen and oxygen atoms in total. The molecule has 2 heterocycles. The molecule has 1 aromatic rings. The highest BCUT2D eigenvalue weighted by molar-refractivity contribution is 5.97. The fourth-order valence-corrected chi connectivity index (χ4v) is 5.03. The van der Waals surface area contributed by atoms with Crippen LogP contribution >= 0.6 is 0 Å². The van der Waals surface area contributed by atoms with Gasteiger partial charge in [0.2, 0.25) is 0 Å². The van der Waals surface area contributed by atoms with Crippen LogP contribution in [-0.4, -0.2) is 73.2 Å². The summed E-state index contributed by atoms with van der Waals surface area (Å²) in [4.78, 5) is 29.7. The topological polar surface area (TPSA) is 59.1 Å². The summed E-state index contributed by atoms with van der Waals surface area (Å²) in [6.45, 7) is 3.88. The van der Waals surface area contributed by atoms with Gasteiger partial charge in [-0.15, -0.1) is 5.73 Å². The van der Waals surface area contributed by atoms with Crippen molar-refractivity contribution in [2.75, 3.05) is 39.3 Å². The predicted molar refractivity (Wildman–Crippen MR) is 136 cm³/mol. The van der Waals surface area contributed by atoms with E-state index in [0.29, 0.717) is 18.7 Å². The van der Waals surface area contributed by atoms with Crippen LogP contribution in [0.3, 0.4) is 0 Å². The van der Waals surface area contributed by atoms with E-state index < -0.39 is 0 Å². The van der Waals surface area contributed by atoms with Crippen LogP contribution in [0.1, 0.15) is 55.3 Å². The second-order valence-corrected chi connectivity index (χ2v) is 9.87. The van der Waals surface area contributed by atoms with Crippen LogP contribution in [0.25, 0.3) is 0 Å². The van der Waals surface area contributed by atoms with Crippen LogP contribution in [0.5, 0.6) is 0 Å². The number of hydrogen-bond donors (Lipinski definition) is 0. The third kappa shape index (κ3) is 7.89. The number of allylic oxidation sites excluding steroid dienone is 2. The molecule has 0 spiro atoms. The monoisotopic (exact) mass is 496 g/mol. The number of ketones is 1. The van der Waals surface area contributed by atoms with E-state index in [-0.39, 0.29) is 35.8 Å². The standard InChI is InChI=1S/C29H37FN2O4/c30-25-13-11-23(12-14-25)28(33)24-15-19-31(20-16-24)21-27(36-29(34)32-17-7-4-8-18-32)22-35-26-9-5-2-1-3-6-10-26/h2-3,5,9,11-14,24,26-27H,4,6-8,10,15-22H2. The summed E-state index contributed by atoms with van der Waals surface area (Å²) in [5.41, 5.74) is 3.66. The number of Topliss-reactive ketones (excluding diaryl/α,β-unsaturated/α-hetero) is 1. The molecular formula is C29H37FN2O4. The fourth-order valence-electron chi connectivity index (χ4n) is 5.03. The number of halogens is 1. The molecule has 2 atom stereocenters. The molecule has 1 aromatic carbocycles. The van der Waals surface area contributed by atoms with Crippen molar-refractivity contribution in [2.45, 2.75) is 57.2 Å². The first-order valence-corrected chi connectivity index (χ1v) is 13.3. The maximum atomic E-state index is 13.2. The van der Waals surface area contributed by atoms with Gasteiger partial charge in [0.05, 0.1) is 12.7 Å². The van der Waals surface area contributed by atoms with Gasteiger partial charge in [0.15, 0.2) is 5.78 Å². The number of benzene rings is 1. The minimum Gasteiger partial charge on any atom is -0.442 e. The first kappa shape index (κ1) is 26.3. The van der Waals surface area contributed by atoms with Crippen LogP contribution in [0.15, 0.2) is 54.3 Å². The van der Waals surface area contributed by atoms with Crippen molar-refractivity contribution in [3.63, 3.8) is 0 Å². The zero-order valence-corrected chi connectivity index (χ0v) is 20.9. The Labute approximate surface area is 213 Å². The van der Waals surface area contributed by atoms with E-state index in [0.717, 1.165) is 71.1 Å². The Morgan fingerprint density at radius 1 is 1.03 bits per heavy atom. The van der Waals surface area contributed by atoms with Crippen molar-refractivity contribution in [1.82, 2.24) is 9.80 Å². The number of amides is 1. The maximum Gasteiger partial charge on any atom is 0.410 e. The molecule has 36 heavy (non-hydrogen) atoms. The molecule has 0 bridgehead atoms.